The van der Waals surface area contributed by atoms with Crippen LogP contribution in [0.25, 0.3) is 0 Å². The Bertz CT molecular complexity index is 933. The molecule has 3 aliphatic heterocycles. The second-order valence-electron chi connectivity index (χ2n) is 7.88. The second kappa shape index (κ2) is 6.66. The van der Waals surface area contributed by atoms with Gasteiger partial charge in [0.15, 0.2) is 5.60 Å². The van der Waals surface area contributed by atoms with Crippen LogP contribution in [0.15, 0.2) is 41.2 Å². The molecular formula is C21H20F2N2O4. The summed E-state index contributed by atoms with van der Waals surface area (Å²) in [6.45, 7) is 0.797. The van der Waals surface area contributed by atoms with Gasteiger partial charge < -0.3 is 19.0 Å². The van der Waals surface area contributed by atoms with E-state index < -0.39 is 29.5 Å². The van der Waals surface area contributed by atoms with Crippen LogP contribution in [0.3, 0.4) is 0 Å². The molecule has 3 fully saturated rings. The van der Waals surface area contributed by atoms with Crippen molar-refractivity contribution in [3.63, 3.8) is 0 Å². The largest absolute Gasteiger partial charge is 0.472 e. The van der Waals surface area contributed by atoms with Gasteiger partial charge in [0.05, 0.1) is 17.9 Å². The molecule has 0 aliphatic carbocycles. The van der Waals surface area contributed by atoms with Crippen LogP contribution in [-0.4, -0.2) is 46.5 Å². The number of hydrogen-bond acceptors (Lipinski definition) is 4. The molecule has 2 aromatic rings. The Kier molecular flexibility index (Phi) is 4.20. The van der Waals surface area contributed by atoms with Gasteiger partial charge in [-0.1, -0.05) is 0 Å². The van der Waals surface area contributed by atoms with Crippen molar-refractivity contribution < 1.29 is 27.5 Å². The zero-order valence-electron chi connectivity index (χ0n) is 15.6. The Morgan fingerprint density at radius 3 is 2.48 bits per heavy atom. The Balaban J connectivity index is 1.33. The minimum atomic E-state index is -0.970. The predicted molar refractivity (Wildman–Crippen MR) is 96.6 cm³/mol. The highest BCUT2D eigenvalue weighted by Gasteiger charge is 2.58. The van der Waals surface area contributed by atoms with Gasteiger partial charge in [0, 0.05) is 32.0 Å². The fraction of sp³-hybridized carbons (Fsp3) is 0.429. The molecule has 1 spiro atoms. The minimum Gasteiger partial charge on any atom is -0.472 e. The first-order chi connectivity index (χ1) is 14.0. The highest BCUT2D eigenvalue weighted by atomic mass is 19.1. The molecule has 6 nitrogen and oxygen atoms in total. The number of piperidine rings is 1. The van der Waals surface area contributed by atoms with E-state index in [2.05, 4.69) is 0 Å². The number of ether oxygens (including phenoxy) is 1. The van der Waals surface area contributed by atoms with Gasteiger partial charge in [0.2, 0.25) is 0 Å². The molecule has 4 heterocycles. The highest BCUT2D eigenvalue weighted by Crippen LogP contribution is 2.47. The quantitative estimate of drug-likeness (QED) is 0.774. The van der Waals surface area contributed by atoms with Crippen LogP contribution in [0.2, 0.25) is 0 Å². The van der Waals surface area contributed by atoms with E-state index >= 15 is 0 Å². The number of hydrogen-bond donors (Lipinski definition) is 0. The first-order valence-electron chi connectivity index (χ1n) is 9.75. The molecule has 152 valence electrons. The fourth-order valence-corrected chi connectivity index (χ4v) is 4.78. The summed E-state index contributed by atoms with van der Waals surface area (Å²) < 4.78 is 38.5. The molecule has 0 bridgehead atoms. The van der Waals surface area contributed by atoms with Crippen molar-refractivity contribution in [2.45, 2.75) is 43.6 Å². The molecular weight excluding hydrogens is 382 g/mol. The second-order valence-corrected chi connectivity index (χ2v) is 7.88. The molecule has 8 heteroatoms. The summed E-state index contributed by atoms with van der Waals surface area (Å²) in [5.41, 5.74) is -0.0393. The van der Waals surface area contributed by atoms with Crippen molar-refractivity contribution in [2.75, 3.05) is 13.1 Å². The number of carbonyl (C=O) groups excluding carboxylic acids is 2. The van der Waals surface area contributed by atoms with Crippen LogP contribution in [0.5, 0.6) is 0 Å². The SMILES string of the molecule is O=C(c1ccoc1)N1CCC2(CC1)O[C@@H]1CC[C@@H](c3cc(F)cc(F)c3)N1C2=O. The first-order valence-corrected chi connectivity index (χ1v) is 9.75. The van der Waals surface area contributed by atoms with Crippen LogP contribution in [0.1, 0.15) is 47.6 Å². The highest BCUT2D eigenvalue weighted by molar-refractivity contribution is 5.94. The number of fused-ring (bicyclic) bond motifs is 1. The molecule has 5 rings (SSSR count). The minimum absolute atomic E-state index is 0.132. The van der Waals surface area contributed by atoms with E-state index in [9.17, 15) is 18.4 Å². The van der Waals surface area contributed by atoms with Gasteiger partial charge in [-0.15, -0.1) is 0 Å². The summed E-state index contributed by atoms with van der Waals surface area (Å²) in [6, 6.07) is 4.60. The van der Waals surface area contributed by atoms with E-state index in [4.69, 9.17) is 9.15 Å². The van der Waals surface area contributed by atoms with Crippen LogP contribution in [0.4, 0.5) is 8.78 Å². The lowest BCUT2D eigenvalue weighted by molar-refractivity contribution is -0.142. The Labute approximate surface area is 166 Å². The molecule has 1 aromatic carbocycles. The van der Waals surface area contributed by atoms with E-state index in [-0.39, 0.29) is 11.8 Å². The third-order valence-corrected chi connectivity index (χ3v) is 6.22. The van der Waals surface area contributed by atoms with E-state index in [0.717, 1.165) is 6.07 Å². The average Bonchev–Trinajstić information content (AvgIpc) is 3.41. The summed E-state index contributed by atoms with van der Waals surface area (Å²) in [6.07, 6.45) is 4.47. The lowest BCUT2D eigenvalue weighted by Gasteiger charge is -2.37. The molecule has 3 saturated heterocycles. The number of rotatable bonds is 2. The average molecular weight is 402 g/mol. The van der Waals surface area contributed by atoms with Crippen molar-refractivity contribution in [3.8, 4) is 0 Å². The molecule has 0 radical (unpaired) electrons. The number of likely N-dealkylation sites (tertiary alicyclic amines) is 1. The van der Waals surface area contributed by atoms with E-state index in [1.807, 2.05) is 0 Å². The third-order valence-electron chi connectivity index (χ3n) is 6.22. The maximum absolute atomic E-state index is 13.7. The van der Waals surface area contributed by atoms with Crippen LogP contribution >= 0.6 is 0 Å². The molecule has 0 saturated carbocycles. The van der Waals surface area contributed by atoms with Crippen LogP contribution < -0.4 is 0 Å². The molecule has 2 amide bonds. The maximum atomic E-state index is 13.7. The zero-order valence-corrected chi connectivity index (χ0v) is 15.6. The van der Waals surface area contributed by atoms with Gasteiger partial charge in [0.25, 0.3) is 11.8 Å². The van der Waals surface area contributed by atoms with Gasteiger partial charge >= 0.3 is 0 Å². The van der Waals surface area contributed by atoms with Gasteiger partial charge in [0.1, 0.15) is 24.1 Å². The topological polar surface area (TPSA) is 63.0 Å². The molecule has 29 heavy (non-hydrogen) atoms. The van der Waals surface area contributed by atoms with Gasteiger partial charge in [-0.05, 0) is 36.6 Å². The summed E-state index contributed by atoms with van der Waals surface area (Å²) in [5.74, 6) is -1.59. The molecule has 0 unspecified atom stereocenters. The fourth-order valence-electron chi connectivity index (χ4n) is 4.78. The molecule has 3 aliphatic rings. The van der Waals surface area contributed by atoms with E-state index in [1.54, 1.807) is 15.9 Å². The number of amides is 2. The van der Waals surface area contributed by atoms with E-state index in [0.29, 0.717) is 49.9 Å². The smallest absolute Gasteiger partial charge is 0.257 e. The number of benzene rings is 1. The lowest BCUT2D eigenvalue weighted by Crippen LogP contribution is -2.51. The van der Waals surface area contributed by atoms with E-state index in [1.165, 1.54) is 24.7 Å². The normalized spacial score (nSPS) is 25.7. The van der Waals surface area contributed by atoms with Gasteiger partial charge in [-0.2, -0.15) is 0 Å². The molecule has 2 atom stereocenters. The van der Waals surface area contributed by atoms with Crippen LogP contribution in [0, 0.1) is 11.6 Å². The molecule has 1 aromatic heterocycles. The zero-order chi connectivity index (χ0) is 20.2. The summed E-state index contributed by atoms with van der Waals surface area (Å²) in [4.78, 5) is 29.1. The number of halogens is 2. The Hall–Kier alpha value is -2.74. The summed E-state index contributed by atoms with van der Waals surface area (Å²) in [7, 11) is 0. The number of furan rings is 1. The van der Waals surface area contributed by atoms with Crippen LogP contribution in [-0.2, 0) is 9.53 Å². The number of nitrogens with zero attached hydrogens (tertiary/aromatic N) is 2. The Morgan fingerprint density at radius 1 is 1.10 bits per heavy atom. The van der Waals surface area contributed by atoms with Crippen molar-refractivity contribution in [2.24, 2.45) is 0 Å². The lowest BCUT2D eigenvalue weighted by atomic mass is 9.89. The summed E-state index contributed by atoms with van der Waals surface area (Å²) in [5, 5.41) is 0. The van der Waals surface area contributed by atoms with Crippen molar-refractivity contribution in [1.82, 2.24) is 9.80 Å². The third kappa shape index (κ3) is 2.93. The first kappa shape index (κ1) is 18.3. The summed E-state index contributed by atoms with van der Waals surface area (Å²) >= 11 is 0. The maximum Gasteiger partial charge on any atom is 0.257 e. The Morgan fingerprint density at radius 2 is 1.83 bits per heavy atom. The standard InChI is InChI=1S/C21H20F2N2O4/c22-15-9-14(10-16(23)11-15)17-1-2-18-25(17)20(27)21(29-18)4-6-24(7-5-21)19(26)13-3-8-28-12-13/h3,8-12,17-18H,1-2,4-7H2/t17-,18+/m0/s1. The van der Waals surface area contributed by atoms with Crippen molar-refractivity contribution in [3.05, 3.63) is 59.6 Å². The van der Waals surface area contributed by atoms with Gasteiger partial charge in [-0.25, -0.2) is 8.78 Å². The molecule has 0 N–H and O–H groups in total. The van der Waals surface area contributed by atoms with Crippen molar-refractivity contribution in [1.29, 1.82) is 0 Å². The number of carbonyl (C=O) groups is 2. The van der Waals surface area contributed by atoms with Crippen molar-refractivity contribution >= 4 is 11.8 Å². The monoisotopic (exact) mass is 402 g/mol. The predicted octanol–water partition coefficient (Wildman–Crippen LogP) is 3.25. The van der Waals surface area contributed by atoms with Gasteiger partial charge in [-0.3, -0.25) is 9.59 Å².